The summed E-state index contributed by atoms with van der Waals surface area (Å²) in [5.41, 5.74) is 4.03. The molecule has 0 radical (unpaired) electrons. The van der Waals surface area contributed by atoms with Crippen molar-refractivity contribution >= 4 is 35.4 Å². The Kier molecular flexibility index (Phi) is 4.82. The standard InChI is InChI=1S/C15H24N2S2Si/c1-10(2)20(11(3)4,12(5)6)15-17-8-14(19-15)13-7-16-9-18-13/h7-12H,1-6H3. The average molecular weight is 325 g/mol. The zero-order valence-corrected chi connectivity index (χ0v) is 15.8. The van der Waals surface area contributed by atoms with Crippen molar-refractivity contribution in [3.63, 3.8) is 0 Å². The summed E-state index contributed by atoms with van der Waals surface area (Å²) in [6, 6.07) is 0. The third kappa shape index (κ3) is 2.51. The number of rotatable bonds is 5. The van der Waals surface area contributed by atoms with E-state index in [2.05, 4.69) is 52.7 Å². The van der Waals surface area contributed by atoms with Crippen LogP contribution in [-0.2, 0) is 0 Å². The lowest BCUT2D eigenvalue weighted by molar-refractivity contribution is 0.834. The highest BCUT2D eigenvalue weighted by molar-refractivity contribution is 7.31. The molecule has 0 amide bonds. The number of hydrogen-bond acceptors (Lipinski definition) is 4. The molecule has 2 nitrogen and oxygen atoms in total. The van der Waals surface area contributed by atoms with Crippen molar-refractivity contribution in [2.75, 3.05) is 0 Å². The first-order valence-corrected chi connectivity index (χ1v) is 11.2. The molecule has 0 unspecified atom stereocenters. The molecule has 0 spiro atoms. The molecule has 2 rings (SSSR count). The summed E-state index contributed by atoms with van der Waals surface area (Å²) in [5, 5.41) is 0. The third-order valence-corrected chi connectivity index (χ3v) is 14.2. The highest BCUT2D eigenvalue weighted by atomic mass is 32.1. The van der Waals surface area contributed by atoms with Crippen molar-refractivity contribution in [1.82, 2.24) is 9.97 Å². The minimum absolute atomic E-state index is 0.711. The summed E-state index contributed by atoms with van der Waals surface area (Å²) in [4.78, 5) is 11.6. The molecule has 0 saturated heterocycles. The second kappa shape index (κ2) is 6.08. The van der Waals surface area contributed by atoms with Gasteiger partial charge in [-0.1, -0.05) is 41.5 Å². The molecule has 0 N–H and O–H groups in total. The summed E-state index contributed by atoms with van der Waals surface area (Å²) in [6.45, 7) is 14.3. The lowest BCUT2D eigenvalue weighted by atomic mass is 10.5. The molecule has 20 heavy (non-hydrogen) atoms. The fourth-order valence-corrected chi connectivity index (χ4v) is 14.0. The molecule has 0 fully saturated rings. The van der Waals surface area contributed by atoms with Crippen LogP contribution in [0.2, 0.25) is 16.6 Å². The van der Waals surface area contributed by atoms with Crippen LogP contribution in [0.15, 0.2) is 17.9 Å². The molecule has 0 aliphatic heterocycles. The topological polar surface area (TPSA) is 25.8 Å². The van der Waals surface area contributed by atoms with Gasteiger partial charge in [0.05, 0.1) is 19.9 Å². The molecule has 0 atom stereocenters. The highest BCUT2D eigenvalue weighted by Crippen LogP contribution is 2.42. The number of nitrogens with zero attached hydrogens (tertiary/aromatic N) is 2. The van der Waals surface area contributed by atoms with E-state index in [0.717, 1.165) is 0 Å². The van der Waals surface area contributed by atoms with Crippen LogP contribution in [0.25, 0.3) is 9.75 Å². The van der Waals surface area contributed by atoms with E-state index in [9.17, 15) is 0 Å². The molecule has 2 aromatic rings. The largest absolute Gasteiger partial charge is 0.254 e. The number of thiazole rings is 2. The summed E-state index contributed by atoms with van der Waals surface area (Å²) in [5.74, 6) is 0. The van der Waals surface area contributed by atoms with E-state index in [1.165, 1.54) is 14.4 Å². The number of hydrogen-bond donors (Lipinski definition) is 0. The fraction of sp³-hybridized carbons (Fsp3) is 0.600. The van der Waals surface area contributed by atoms with Gasteiger partial charge in [0, 0.05) is 12.4 Å². The molecule has 0 aromatic carbocycles. The molecule has 110 valence electrons. The van der Waals surface area contributed by atoms with Crippen molar-refractivity contribution in [1.29, 1.82) is 0 Å². The van der Waals surface area contributed by atoms with Crippen molar-refractivity contribution < 1.29 is 0 Å². The molecule has 2 heterocycles. The monoisotopic (exact) mass is 324 g/mol. The smallest absolute Gasteiger partial charge is 0.131 e. The fourth-order valence-electron chi connectivity index (χ4n) is 3.67. The summed E-state index contributed by atoms with van der Waals surface area (Å²) in [7, 11) is -1.60. The van der Waals surface area contributed by atoms with Crippen molar-refractivity contribution in [2.45, 2.75) is 58.2 Å². The SMILES string of the molecule is CC(C)[Si](c1ncc(-c2cncs2)s1)(C(C)C)C(C)C. The predicted molar refractivity (Wildman–Crippen MR) is 93.9 cm³/mol. The zero-order valence-electron chi connectivity index (χ0n) is 13.2. The molecular formula is C15H24N2S2Si. The molecule has 0 aliphatic carbocycles. The lowest BCUT2D eigenvalue weighted by Gasteiger charge is -2.41. The Labute approximate surface area is 131 Å². The normalized spacial score (nSPS) is 12.8. The number of aromatic nitrogens is 2. The minimum atomic E-state index is -1.60. The molecule has 0 aliphatic rings. The van der Waals surface area contributed by atoms with Gasteiger partial charge in [0.25, 0.3) is 0 Å². The zero-order chi connectivity index (χ0) is 14.9. The Hall–Kier alpha value is -0.523. The Morgan fingerprint density at radius 1 is 0.900 bits per heavy atom. The van der Waals surface area contributed by atoms with Crippen LogP contribution in [0.5, 0.6) is 0 Å². The predicted octanol–water partition coefficient (Wildman–Crippen LogP) is 5.15. The van der Waals surface area contributed by atoms with E-state index in [1.54, 1.807) is 11.3 Å². The van der Waals surface area contributed by atoms with Crippen LogP contribution in [0, 0.1) is 0 Å². The van der Waals surface area contributed by atoms with Crippen LogP contribution < -0.4 is 4.63 Å². The quantitative estimate of drug-likeness (QED) is 0.711. The molecule has 2 aromatic heterocycles. The van der Waals surface area contributed by atoms with Gasteiger partial charge < -0.3 is 0 Å². The van der Waals surface area contributed by atoms with E-state index < -0.39 is 8.07 Å². The average Bonchev–Trinajstić information content (AvgIpc) is 2.97. The highest BCUT2D eigenvalue weighted by Gasteiger charge is 2.47. The van der Waals surface area contributed by atoms with Crippen LogP contribution in [0.1, 0.15) is 41.5 Å². The van der Waals surface area contributed by atoms with Crippen molar-refractivity contribution in [3.05, 3.63) is 17.9 Å². The second-order valence-electron chi connectivity index (χ2n) is 6.29. The van der Waals surface area contributed by atoms with Crippen LogP contribution in [0.3, 0.4) is 0 Å². The third-order valence-electron chi connectivity index (χ3n) is 4.42. The summed E-state index contributed by atoms with van der Waals surface area (Å²) >= 11 is 3.60. The van der Waals surface area contributed by atoms with Crippen LogP contribution >= 0.6 is 22.7 Å². The van der Waals surface area contributed by atoms with Gasteiger partial charge in [-0.25, -0.2) is 0 Å². The maximum absolute atomic E-state index is 4.87. The van der Waals surface area contributed by atoms with Gasteiger partial charge in [0.2, 0.25) is 0 Å². The van der Waals surface area contributed by atoms with Crippen LogP contribution in [0.4, 0.5) is 0 Å². The molecule has 0 bridgehead atoms. The second-order valence-corrected chi connectivity index (χ2v) is 14.4. The maximum Gasteiger partial charge on any atom is 0.131 e. The lowest BCUT2D eigenvalue weighted by Crippen LogP contribution is -2.55. The molecule has 0 saturated carbocycles. The van der Waals surface area contributed by atoms with Gasteiger partial charge in [0.15, 0.2) is 0 Å². The van der Waals surface area contributed by atoms with Crippen molar-refractivity contribution in [2.24, 2.45) is 0 Å². The molecular weight excluding hydrogens is 300 g/mol. The first-order valence-electron chi connectivity index (χ1n) is 7.25. The summed E-state index contributed by atoms with van der Waals surface area (Å²) < 4.78 is 1.42. The Balaban J connectivity index is 2.50. The first-order chi connectivity index (χ1) is 9.40. The van der Waals surface area contributed by atoms with E-state index in [1.807, 2.05) is 23.0 Å². The minimum Gasteiger partial charge on any atom is -0.254 e. The Morgan fingerprint density at radius 2 is 1.50 bits per heavy atom. The Morgan fingerprint density at radius 3 is 1.95 bits per heavy atom. The van der Waals surface area contributed by atoms with Gasteiger partial charge in [0.1, 0.15) is 8.07 Å². The van der Waals surface area contributed by atoms with E-state index in [-0.39, 0.29) is 0 Å². The van der Waals surface area contributed by atoms with Crippen LogP contribution in [-0.4, -0.2) is 18.0 Å². The van der Waals surface area contributed by atoms with Gasteiger partial charge in [-0.15, -0.1) is 22.7 Å². The van der Waals surface area contributed by atoms with E-state index >= 15 is 0 Å². The van der Waals surface area contributed by atoms with Crippen molar-refractivity contribution in [3.8, 4) is 9.75 Å². The van der Waals surface area contributed by atoms with Gasteiger partial charge in [-0.05, 0) is 16.6 Å². The first kappa shape index (κ1) is 15.9. The van der Waals surface area contributed by atoms with Gasteiger partial charge in [-0.2, -0.15) is 0 Å². The Bertz CT molecular complexity index is 522. The van der Waals surface area contributed by atoms with Gasteiger partial charge >= 0.3 is 0 Å². The van der Waals surface area contributed by atoms with E-state index in [4.69, 9.17) is 4.98 Å². The van der Waals surface area contributed by atoms with Gasteiger partial charge in [-0.3, -0.25) is 9.97 Å². The summed E-state index contributed by atoms with van der Waals surface area (Å²) in [6.07, 6.45) is 4.01. The maximum atomic E-state index is 4.87. The molecule has 5 heteroatoms. The van der Waals surface area contributed by atoms with E-state index in [0.29, 0.717) is 16.6 Å².